The van der Waals surface area contributed by atoms with Crippen molar-refractivity contribution in [3.63, 3.8) is 0 Å². The lowest BCUT2D eigenvalue weighted by Crippen LogP contribution is -2.32. The van der Waals surface area contributed by atoms with Gasteiger partial charge in [0, 0.05) is 6.07 Å². The fourth-order valence-electron chi connectivity index (χ4n) is 2.73. The van der Waals surface area contributed by atoms with Crippen molar-refractivity contribution in [2.24, 2.45) is 0 Å². The second-order valence-electron chi connectivity index (χ2n) is 6.01. The van der Waals surface area contributed by atoms with Crippen molar-refractivity contribution >= 4 is 33.4 Å². The molecule has 10 nitrogen and oxygen atoms in total. The Kier molecular flexibility index (Phi) is 6.47. The Labute approximate surface area is 176 Å². The second-order valence-corrected chi connectivity index (χ2v) is 8.60. The van der Waals surface area contributed by atoms with Gasteiger partial charge in [-0.05, 0) is 24.1 Å². The molecule has 0 radical (unpaired) electrons. The predicted octanol–water partition coefficient (Wildman–Crippen LogP) is 2.34. The molecule has 0 aliphatic rings. The molecular formula is C18H17N5O5S2. The maximum absolute atomic E-state index is 12.4. The number of nitro benzene ring substituents is 1. The van der Waals surface area contributed by atoms with Crippen molar-refractivity contribution in [2.45, 2.75) is 23.4 Å². The molecule has 0 fully saturated rings. The quantitative estimate of drug-likeness (QED) is 0.315. The van der Waals surface area contributed by atoms with Crippen LogP contribution in [0.15, 0.2) is 64.9 Å². The zero-order chi connectivity index (χ0) is 21.7. The highest BCUT2D eigenvalue weighted by atomic mass is 32.2. The molecule has 2 aromatic carbocycles. The fraction of sp³-hybridized carbons (Fsp3) is 0.167. The Bertz CT molecular complexity index is 1190. The van der Waals surface area contributed by atoms with Crippen LogP contribution < -0.4 is 4.72 Å². The van der Waals surface area contributed by atoms with Gasteiger partial charge in [0.05, 0.1) is 16.4 Å². The SMILES string of the molecule is CCc1ccccc1-n1cnnc1SCC(=O)NS(=O)(=O)c1ccccc1[N+](=O)[O-]. The summed E-state index contributed by atoms with van der Waals surface area (Å²) in [7, 11) is -4.40. The zero-order valence-electron chi connectivity index (χ0n) is 15.8. The Morgan fingerprint density at radius 2 is 1.90 bits per heavy atom. The van der Waals surface area contributed by atoms with E-state index in [0.29, 0.717) is 5.16 Å². The number of nitrogens with one attached hydrogen (secondary N) is 1. The Hall–Kier alpha value is -3.25. The summed E-state index contributed by atoms with van der Waals surface area (Å²) in [6, 6.07) is 12.5. The number of aryl methyl sites for hydroxylation is 1. The Balaban J connectivity index is 1.74. The topological polar surface area (TPSA) is 137 Å². The van der Waals surface area contributed by atoms with Crippen LogP contribution in [0.4, 0.5) is 5.69 Å². The van der Waals surface area contributed by atoms with Crippen LogP contribution in [0.3, 0.4) is 0 Å². The number of para-hydroxylation sites is 2. The highest BCUT2D eigenvalue weighted by Crippen LogP contribution is 2.24. The molecule has 0 unspecified atom stereocenters. The van der Waals surface area contributed by atoms with E-state index in [1.807, 2.05) is 35.9 Å². The molecule has 12 heteroatoms. The smallest absolute Gasteiger partial charge is 0.276 e. The van der Waals surface area contributed by atoms with Gasteiger partial charge in [-0.25, -0.2) is 13.1 Å². The number of hydrogen-bond donors (Lipinski definition) is 1. The molecule has 0 bridgehead atoms. The number of carbonyl (C=O) groups is 1. The van der Waals surface area contributed by atoms with Gasteiger partial charge in [-0.3, -0.25) is 19.5 Å². The standard InChI is InChI=1S/C18H17N5O5S2/c1-2-13-7-3-4-8-14(13)22-12-19-20-18(22)29-11-17(24)21-30(27,28)16-10-6-5-9-15(16)23(25)26/h3-10,12H,2,11H2,1H3,(H,21,24). The van der Waals surface area contributed by atoms with Crippen molar-refractivity contribution in [1.29, 1.82) is 0 Å². The van der Waals surface area contributed by atoms with E-state index < -0.39 is 31.4 Å². The largest absolute Gasteiger partial charge is 0.289 e. The van der Waals surface area contributed by atoms with Gasteiger partial charge in [0.25, 0.3) is 15.7 Å². The first kappa shape index (κ1) is 21.5. The van der Waals surface area contributed by atoms with E-state index in [0.717, 1.165) is 41.6 Å². The number of thioether (sulfide) groups is 1. The molecule has 0 saturated heterocycles. The van der Waals surface area contributed by atoms with Crippen molar-refractivity contribution in [3.8, 4) is 5.69 Å². The molecule has 1 amide bonds. The third kappa shape index (κ3) is 4.66. The highest BCUT2D eigenvalue weighted by Gasteiger charge is 2.27. The number of aromatic nitrogens is 3. The number of rotatable bonds is 8. The van der Waals surface area contributed by atoms with Gasteiger partial charge in [-0.1, -0.05) is 49.0 Å². The molecule has 0 aliphatic heterocycles. The summed E-state index contributed by atoms with van der Waals surface area (Å²) in [6.45, 7) is 2.01. The van der Waals surface area contributed by atoms with Gasteiger partial charge in [0.15, 0.2) is 10.1 Å². The van der Waals surface area contributed by atoms with Crippen molar-refractivity contribution < 1.29 is 18.1 Å². The summed E-state index contributed by atoms with van der Waals surface area (Å²) in [6.07, 6.45) is 2.30. The highest BCUT2D eigenvalue weighted by molar-refractivity contribution is 8.00. The number of carbonyl (C=O) groups excluding carboxylic acids is 1. The maximum atomic E-state index is 12.4. The molecule has 0 aliphatic carbocycles. The van der Waals surface area contributed by atoms with E-state index in [2.05, 4.69) is 10.2 Å². The molecule has 1 N–H and O–H groups in total. The number of hydrogen-bond acceptors (Lipinski definition) is 8. The minimum Gasteiger partial charge on any atom is -0.276 e. The first-order valence-electron chi connectivity index (χ1n) is 8.73. The van der Waals surface area contributed by atoms with E-state index in [1.54, 1.807) is 4.57 Å². The molecule has 3 rings (SSSR count). The molecule has 156 valence electrons. The van der Waals surface area contributed by atoms with Gasteiger partial charge in [-0.15, -0.1) is 10.2 Å². The van der Waals surface area contributed by atoms with Gasteiger partial charge in [0.2, 0.25) is 5.91 Å². The molecule has 0 atom stereocenters. The van der Waals surface area contributed by atoms with Crippen molar-refractivity contribution in [1.82, 2.24) is 19.5 Å². The summed E-state index contributed by atoms with van der Waals surface area (Å²) in [5.74, 6) is -1.11. The number of nitro groups is 1. The lowest BCUT2D eigenvalue weighted by Gasteiger charge is -2.11. The number of sulfonamides is 1. The summed E-state index contributed by atoms with van der Waals surface area (Å²) in [4.78, 5) is 21.9. The first-order valence-corrected chi connectivity index (χ1v) is 11.2. The average Bonchev–Trinajstić information content (AvgIpc) is 3.20. The molecular weight excluding hydrogens is 430 g/mol. The van der Waals surface area contributed by atoms with E-state index in [9.17, 15) is 23.3 Å². The molecule has 3 aromatic rings. The third-order valence-electron chi connectivity index (χ3n) is 4.08. The minimum absolute atomic E-state index is 0.271. The Morgan fingerprint density at radius 3 is 2.63 bits per heavy atom. The number of amides is 1. The van der Waals surface area contributed by atoms with E-state index in [1.165, 1.54) is 18.5 Å². The van der Waals surface area contributed by atoms with Crippen molar-refractivity contribution in [3.05, 3.63) is 70.5 Å². The second kappa shape index (κ2) is 9.05. The van der Waals surface area contributed by atoms with Crippen LogP contribution in [0.2, 0.25) is 0 Å². The van der Waals surface area contributed by atoms with Gasteiger partial charge in [-0.2, -0.15) is 0 Å². The minimum atomic E-state index is -4.40. The average molecular weight is 447 g/mol. The summed E-state index contributed by atoms with van der Waals surface area (Å²) < 4.78 is 28.4. The number of nitrogens with zero attached hydrogens (tertiary/aromatic N) is 4. The molecule has 1 aromatic heterocycles. The van der Waals surface area contributed by atoms with E-state index in [4.69, 9.17) is 0 Å². The summed E-state index contributed by atoms with van der Waals surface area (Å²) in [5.41, 5.74) is 1.31. The fourth-order valence-corrected chi connectivity index (χ4v) is 4.70. The van der Waals surface area contributed by atoms with Crippen LogP contribution in [0, 0.1) is 10.1 Å². The molecule has 0 saturated carbocycles. The van der Waals surface area contributed by atoms with Gasteiger partial charge >= 0.3 is 0 Å². The molecule has 1 heterocycles. The van der Waals surface area contributed by atoms with Crippen LogP contribution in [0.1, 0.15) is 12.5 Å². The van der Waals surface area contributed by atoms with Crippen LogP contribution in [0.25, 0.3) is 5.69 Å². The summed E-state index contributed by atoms with van der Waals surface area (Å²) >= 11 is 1.00. The normalized spacial score (nSPS) is 11.2. The molecule has 30 heavy (non-hydrogen) atoms. The zero-order valence-corrected chi connectivity index (χ0v) is 17.4. The van der Waals surface area contributed by atoms with Gasteiger partial charge in [0.1, 0.15) is 6.33 Å². The van der Waals surface area contributed by atoms with Crippen LogP contribution >= 0.6 is 11.8 Å². The van der Waals surface area contributed by atoms with Crippen LogP contribution in [-0.2, 0) is 21.2 Å². The lowest BCUT2D eigenvalue weighted by atomic mass is 10.1. The number of benzene rings is 2. The van der Waals surface area contributed by atoms with E-state index in [-0.39, 0.29) is 5.75 Å². The monoisotopic (exact) mass is 447 g/mol. The predicted molar refractivity (Wildman–Crippen MR) is 110 cm³/mol. The van der Waals surface area contributed by atoms with Crippen molar-refractivity contribution in [2.75, 3.05) is 5.75 Å². The van der Waals surface area contributed by atoms with Crippen LogP contribution in [0.5, 0.6) is 0 Å². The van der Waals surface area contributed by atoms with Gasteiger partial charge < -0.3 is 0 Å². The summed E-state index contributed by atoms with van der Waals surface area (Å²) in [5, 5.41) is 19.3. The Morgan fingerprint density at radius 1 is 1.20 bits per heavy atom. The maximum Gasteiger partial charge on any atom is 0.289 e. The molecule has 0 spiro atoms. The third-order valence-corrected chi connectivity index (χ3v) is 6.44. The van der Waals surface area contributed by atoms with E-state index >= 15 is 0 Å². The van der Waals surface area contributed by atoms with Crippen LogP contribution in [-0.4, -0.2) is 39.8 Å². The first-order chi connectivity index (χ1) is 14.3. The lowest BCUT2D eigenvalue weighted by molar-refractivity contribution is -0.387.